The summed E-state index contributed by atoms with van der Waals surface area (Å²) in [5.74, 6) is -0.932. The fourth-order valence-electron chi connectivity index (χ4n) is 4.15. The van der Waals surface area contributed by atoms with Crippen LogP contribution in [0.25, 0.3) is 10.9 Å². The molecule has 0 N–H and O–H groups in total. The number of aryl methyl sites for hydroxylation is 1. The van der Waals surface area contributed by atoms with Crippen LogP contribution in [0.1, 0.15) is 36.9 Å². The zero-order valence-corrected chi connectivity index (χ0v) is 18.8. The van der Waals surface area contributed by atoms with E-state index in [1.165, 1.54) is 35.2 Å². The van der Waals surface area contributed by atoms with Crippen molar-refractivity contribution in [3.63, 3.8) is 0 Å². The first-order chi connectivity index (χ1) is 16.5. The molecule has 7 heteroatoms. The van der Waals surface area contributed by atoms with Crippen LogP contribution in [0, 0.1) is 11.6 Å². The number of fused-ring (bicyclic) bond motifs is 1. The van der Waals surface area contributed by atoms with Gasteiger partial charge < -0.3 is 4.90 Å². The average molecular weight is 462 g/mol. The van der Waals surface area contributed by atoms with E-state index in [2.05, 4.69) is 4.98 Å². The number of para-hydroxylation sites is 1. The third-order valence-corrected chi connectivity index (χ3v) is 5.88. The van der Waals surface area contributed by atoms with Gasteiger partial charge in [-0.3, -0.25) is 14.2 Å². The highest BCUT2D eigenvalue weighted by molar-refractivity contribution is 5.78. The summed E-state index contributed by atoms with van der Waals surface area (Å²) >= 11 is 0. The first kappa shape index (κ1) is 23.3. The van der Waals surface area contributed by atoms with Gasteiger partial charge in [0.1, 0.15) is 11.6 Å². The molecule has 0 aliphatic rings. The molecule has 174 valence electrons. The van der Waals surface area contributed by atoms with Gasteiger partial charge in [0.2, 0.25) is 5.91 Å². The second-order valence-electron chi connectivity index (χ2n) is 8.14. The third-order valence-electron chi connectivity index (χ3n) is 5.88. The summed E-state index contributed by atoms with van der Waals surface area (Å²) in [5, 5.41) is 0.492. The number of amides is 1. The Morgan fingerprint density at radius 1 is 1.00 bits per heavy atom. The van der Waals surface area contributed by atoms with Crippen molar-refractivity contribution in [2.24, 2.45) is 0 Å². The van der Waals surface area contributed by atoms with E-state index in [0.29, 0.717) is 22.9 Å². The summed E-state index contributed by atoms with van der Waals surface area (Å²) in [4.78, 5) is 32.2. The van der Waals surface area contributed by atoms with Gasteiger partial charge in [-0.25, -0.2) is 13.8 Å². The van der Waals surface area contributed by atoms with Gasteiger partial charge in [-0.2, -0.15) is 0 Å². The number of carbonyl (C=O) groups excluding carboxylic acids is 1. The molecule has 0 saturated heterocycles. The van der Waals surface area contributed by atoms with Crippen LogP contribution in [0.15, 0.2) is 83.9 Å². The van der Waals surface area contributed by atoms with Crippen molar-refractivity contribution in [2.75, 3.05) is 0 Å². The van der Waals surface area contributed by atoms with Crippen LogP contribution in [0.3, 0.4) is 0 Å². The van der Waals surface area contributed by atoms with Crippen LogP contribution in [-0.4, -0.2) is 20.4 Å². The molecular formula is C27H25F2N3O2. The fraction of sp³-hybridized carbons (Fsp3) is 0.222. The predicted octanol–water partition coefficient (Wildman–Crippen LogP) is 5.24. The van der Waals surface area contributed by atoms with Crippen molar-refractivity contribution in [1.82, 2.24) is 14.5 Å². The van der Waals surface area contributed by atoms with E-state index in [4.69, 9.17) is 0 Å². The van der Waals surface area contributed by atoms with E-state index in [9.17, 15) is 18.4 Å². The SMILES string of the molecule is CCC(c1ccc(F)cc1)N(Cc1cccc(F)c1)C(=O)CCn1cnc2ccccc2c1=O. The minimum absolute atomic E-state index is 0.0624. The van der Waals surface area contributed by atoms with Crippen LogP contribution in [-0.2, 0) is 17.9 Å². The molecule has 1 aromatic heterocycles. The highest BCUT2D eigenvalue weighted by Crippen LogP contribution is 2.27. The quantitative estimate of drug-likeness (QED) is 0.360. The summed E-state index contributed by atoms with van der Waals surface area (Å²) in [6.07, 6.45) is 2.10. The van der Waals surface area contributed by atoms with Crippen LogP contribution >= 0.6 is 0 Å². The molecule has 0 aliphatic carbocycles. The largest absolute Gasteiger partial charge is 0.331 e. The van der Waals surface area contributed by atoms with Gasteiger partial charge in [0.15, 0.2) is 0 Å². The Labute approximate surface area is 196 Å². The second kappa shape index (κ2) is 10.4. The molecule has 0 spiro atoms. The number of hydrogen-bond donors (Lipinski definition) is 0. The first-order valence-electron chi connectivity index (χ1n) is 11.2. The van der Waals surface area contributed by atoms with Crippen LogP contribution in [0.5, 0.6) is 0 Å². The van der Waals surface area contributed by atoms with Crippen molar-refractivity contribution >= 4 is 16.8 Å². The van der Waals surface area contributed by atoms with E-state index in [0.717, 1.165) is 5.56 Å². The lowest BCUT2D eigenvalue weighted by atomic mass is 10.0. The van der Waals surface area contributed by atoms with E-state index in [1.807, 2.05) is 13.0 Å². The Bertz CT molecular complexity index is 1350. The second-order valence-corrected chi connectivity index (χ2v) is 8.14. The molecule has 1 amide bonds. The van der Waals surface area contributed by atoms with Gasteiger partial charge in [0.25, 0.3) is 5.56 Å². The van der Waals surface area contributed by atoms with Gasteiger partial charge in [-0.05, 0) is 53.9 Å². The average Bonchev–Trinajstić information content (AvgIpc) is 2.84. The van der Waals surface area contributed by atoms with Gasteiger partial charge in [-0.1, -0.05) is 43.3 Å². The van der Waals surface area contributed by atoms with Gasteiger partial charge in [0.05, 0.1) is 23.3 Å². The summed E-state index contributed by atoms with van der Waals surface area (Å²) < 4.78 is 28.8. The highest BCUT2D eigenvalue weighted by atomic mass is 19.1. The maximum atomic E-state index is 13.8. The Hall–Kier alpha value is -3.87. The summed E-state index contributed by atoms with van der Waals surface area (Å²) in [6.45, 7) is 2.30. The standard InChI is InChI=1S/C27H25F2N3O2/c1-2-25(20-10-12-21(28)13-11-20)32(17-19-6-5-7-22(29)16-19)26(33)14-15-31-18-30-24-9-4-3-8-23(24)27(31)34/h3-13,16,18,25H,2,14-15,17H2,1H3. The number of benzene rings is 3. The topological polar surface area (TPSA) is 55.2 Å². The molecule has 3 aromatic carbocycles. The van der Waals surface area contributed by atoms with E-state index in [-0.39, 0.29) is 48.7 Å². The normalized spacial score (nSPS) is 12.0. The molecule has 0 fully saturated rings. The predicted molar refractivity (Wildman–Crippen MR) is 127 cm³/mol. The number of aromatic nitrogens is 2. The molecule has 0 saturated carbocycles. The molecule has 34 heavy (non-hydrogen) atoms. The fourth-order valence-corrected chi connectivity index (χ4v) is 4.15. The van der Waals surface area contributed by atoms with Gasteiger partial charge >= 0.3 is 0 Å². The minimum Gasteiger partial charge on any atom is -0.331 e. The van der Waals surface area contributed by atoms with E-state index in [1.54, 1.807) is 47.4 Å². The van der Waals surface area contributed by atoms with Crippen LogP contribution < -0.4 is 5.56 Å². The zero-order chi connectivity index (χ0) is 24.1. The molecule has 0 bridgehead atoms. The summed E-state index contributed by atoms with van der Waals surface area (Å²) in [7, 11) is 0. The Morgan fingerprint density at radius 3 is 2.50 bits per heavy atom. The van der Waals surface area contributed by atoms with E-state index < -0.39 is 0 Å². The Balaban J connectivity index is 1.61. The Morgan fingerprint density at radius 2 is 1.76 bits per heavy atom. The van der Waals surface area contributed by atoms with Crippen molar-refractivity contribution in [1.29, 1.82) is 0 Å². The first-order valence-corrected chi connectivity index (χ1v) is 11.2. The summed E-state index contributed by atoms with van der Waals surface area (Å²) in [6, 6.07) is 18.9. The zero-order valence-electron chi connectivity index (χ0n) is 18.8. The van der Waals surface area contributed by atoms with Gasteiger partial charge in [0, 0.05) is 19.5 Å². The molecule has 5 nitrogen and oxygen atoms in total. The molecule has 4 rings (SSSR count). The minimum atomic E-state index is -0.381. The van der Waals surface area contributed by atoms with Crippen molar-refractivity contribution in [3.05, 3.63) is 112 Å². The van der Waals surface area contributed by atoms with Crippen LogP contribution in [0.2, 0.25) is 0 Å². The maximum Gasteiger partial charge on any atom is 0.261 e. The smallest absolute Gasteiger partial charge is 0.261 e. The summed E-state index contributed by atoms with van der Waals surface area (Å²) in [5.41, 5.74) is 1.84. The lowest BCUT2D eigenvalue weighted by Gasteiger charge is -2.32. The number of carbonyl (C=O) groups is 1. The van der Waals surface area contributed by atoms with Gasteiger partial charge in [-0.15, -0.1) is 0 Å². The maximum absolute atomic E-state index is 13.8. The third kappa shape index (κ3) is 5.20. The number of rotatable bonds is 8. The Kier molecular flexibility index (Phi) is 7.11. The van der Waals surface area contributed by atoms with Crippen LogP contribution in [0.4, 0.5) is 8.78 Å². The van der Waals surface area contributed by atoms with Crippen molar-refractivity contribution < 1.29 is 13.6 Å². The molecule has 1 atom stereocenters. The highest BCUT2D eigenvalue weighted by Gasteiger charge is 2.24. The number of halogens is 2. The molecular weight excluding hydrogens is 436 g/mol. The lowest BCUT2D eigenvalue weighted by molar-refractivity contribution is -0.134. The van der Waals surface area contributed by atoms with E-state index >= 15 is 0 Å². The number of nitrogens with zero attached hydrogens (tertiary/aromatic N) is 3. The molecule has 0 aliphatic heterocycles. The number of hydrogen-bond acceptors (Lipinski definition) is 3. The molecule has 1 heterocycles. The molecule has 0 radical (unpaired) electrons. The molecule has 1 unspecified atom stereocenters. The lowest BCUT2D eigenvalue weighted by Crippen LogP contribution is -2.35. The molecule has 4 aromatic rings. The van der Waals surface area contributed by atoms with Crippen molar-refractivity contribution in [3.8, 4) is 0 Å². The van der Waals surface area contributed by atoms with Crippen molar-refractivity contribution in [2.45, 2.75) is 38.9 Å². The monoisotopic (exact) mass is 461 g/mol.